The van der Waals surface area contributed by atoms with Gasteiger partial charge >= 0.3 is 5.97 Å². The third-order valence-corrected chi connectivity index (χ3v) is 4.10. The highest BCUT2D eigenvalue weighted by Crippen LogP contribution is 2.28. The second-order valence-electron chi connectivity index (χ2n) is 6.04. The number of esters is 1. The van der Waals surface area contributed by atoms with E-state index >= 15 is 0 Å². The molecule has 0 aliphatic heterocycles. The van der Waals surface area contributed by atoms with Gasteiger partial charge in [0.2, 0.25) is 0 Å². The van der Waals surface area contributed by atoms with Crippen molar-refractivity contribution in [2.45, 2.75) is 26.4 Å². The van der Waals surface area contributed by atoms with Crippen molar-refractivity contribution in [3.05, 3.63) is 65.7 Å². The Balaban J connectivity index is 1.88. The molecule has 1 aromatic heterocycles. The maximum atomic E-state index is 13.0. The van der Waals surface area contributed by atoms with E-state index in [0.717, 1.165) is 12.8 Å². The highest BCUT2D eigenvalue weighted by atomic mass is 19.1. The molecular formula is C21H20FNO4. The van der Waals surface area contributed by atoms with Crippen molar-refractivity contribution in [3.8, 4) is 11.5 Å². The van der Waals surface area contributed by atoms with E-state index in [1.54, 1.807) is 24.4 Å². The fraction of sp³-hybridized carbons (Fsp3) is 0.238. The smallest absolute Gasteiger partial charge is 0.357 e. The van der Waals surface area contributed by atoms with Gasteiger partial charge in [0.05, 0.1) is 13.2 Å². The van der Waals surface area contributed by atoms with E-state index in [0.29, 0.717) is 34.4 Å². The largest absolute Gasteiger partial charge is 0.461 e. The molecule has 1 N–H and O–H groups in total. The summed E-state index contributed by atoms with van der Waals surface area (Å²) in [5.41, 5.74) is 0.538. The van der Waals surface area contributed by atoms with Gasteiger partial charge in [-0.2, -0.15) is 0 Å². The molecule has 0 radical (unpaired) electrons. The zero-order valence-corrected chi connectivity index (χ0v) is 14.9. The van der Waals surface area contributed by atoms with E-state index in [1.807, 2.05) is 6.92 Å². The van der Waals surface area contributed by atoms with Crippen LogP contribution in [-0.4, -0.2) is 22.7 Å². The topological polar surface area (TPSA) is 68.7 Å². The Bertz CT molecular complexity index is 941. The summed E-state index contributed by atoms with van der Waals surface area (Å²) in [4.78, 5) is 16.4. The molecule has 140 valence electrons. The van der Waals surface area contributed by atoms with Gasteiger partial charge in [0.1, 0.15) is 17.3 Å². The Labute approximate surface area is 156 Å². The minimum atomic E-state index is -0.541. The summed E-state index contributed by atoms with van der Waals surface area (Å²) >= 11 is 0. The molecule has 27 heavy (non-hydrogen) atoms. The molecule has 3 rings (SSSR count). The van der Waals surface area contributed by atoms with Crippen molar-refractivity contribution in [2.75, 3.05) is 6.61 Å². The number of benzene rings is 2. The molecule has 0 aliphatic carbocycles. The van der Waals surface area contributed by atoms with Crippen molar-refractivity contribution in [1.82, 2.24) is 4.98 Å². The van der Waals surface area contributed by atoms with E-state index in [-0.39, 0.29) is 18.1 Å². The number of hydrogen-bond donors (Lipinski definition) is 1. The minimum absolute atomic E-state index is 0.119. The highest BCUT2D eigenvalue weighted by molar-refractivity contribution is 5.96. The number of aliphatic hydroxyl groups is 1. The summed E-state index contributed by atoms with van der Waals surface area (Å²) < 4.78 is 23.9. The predicted octanol–water partition coefficient (Wildman–Crippen LogP) is 4.62. The first-order chi connectivity index (χ1) is 13.1. The summed E-state index contributed by atoms with van der Waals surface area (Å²) in [6.07, 6.45) is 3.24. The molecule has 0 aliphatic rings. The molecule has 0 saturated heterocycles. The second-order valence-corrected chi connectivity index (χ2v) is 6.04. The highest BCUT2D eigenvalue weighted by Gasteiger charge is 2.17. The van der Waals surface area contributed by atoms with Gasteiger partial charge in [-0.05, 0) is 48.2 Å². The molecule has 0 spiro atoms. The maximum Gasteiger partial charge on any atom is 0.357 e. The Morgan fingerprint density at radius 2 is 1.89 bits per heavy atom. The Morgan fingerprint density at radius 3 is 2.59 bits per heavy atom. The molecule has 3 aromatic rings. The van der Waals surface area contributed by atoms with Gasteiger partial charge < -0.3 is 14.6 Å². The van der Waals surface area contributed by atoms with Gasteiger partial charge in [0.25, 0.3) is 0 Å². The molecule has 2 aromatic carbocycles. The number of aromatic nitrogens is 1. The summed E-state index contributed by atoms with van der Waals surface area (Å²) in [5, 5.41) is 11.2. The Morgan fingerprint density at radius 1 is 1.15 bits per heavy atom. The molecule has 0 unspecified atom stereocenters. The van der Waals surface area contributed by atoms with Gasteiger partial charge in [-0.3, -0.25) is 0 Å². The molecule has 0 saturated carbocycles. The van der Waals surface area contributed by atoms with Gasteiger partial charge in [0, 0.05) is 17.1 Å². The third kappa shape index (κ3) is 4.41. The van der Waals surface area contributed by atoms with Gasteiger partial charge in [-0.25, -0.2) is 14.2 Å². The summed E-state index contributed by atoms with van der Waals surface area (Å²) in [5.74, 6) is 0.164. The first-order valence-electron chi connectivity index (χ1n) is 8.75. The van der Waals surface area contributed by atoms with Crippen LogP contribution in [0, 0.1) is 5.82 Å². The zero-order chi connectivity index (χ0) is 19.2. The normalized spacial score (nSPS) is 10.8. The van der Waals surface area contributed by atoms with Crippen LogP contribution in [-0.2, 0) is 11.3 Å². The van der Waals surface area contributed by atoms with Crippen LogP contribution in [0.1, 0.15) is 35.8 Å². The van der Waals surface area contributed by atoms with E-state index < -0.39 is 5.97 Å². The molecular weight excluding hydrogens is 349 g/mol. The van der Waals surface area contributed by atoms with Crippen LogP contribution in [0.4, 0.5) is 4.39 Å². The van der Waals surface area contributed by atoms with Crippen molar-refractivity contribution in [2.24, 2.45) is 0 Å². The molecule has 0 bridgehead atoms. The van der Waals surface area contributed by atoms with Crippen LogP contribution in [0.15, 0.2) is 48.7 Å². The van der Waals surface area contributed by atoms with Crippen molar-refractivity contribution < 1.29 is 23.8 Å². The van der Waals surface area contributed by atoms with E-state index in [1.165, 1.54) is 24.3 Å². The maximum absolute atomic E-state index is 13.0. The number of aliphatic hydroxyl groups excluding tert-OH is 1. The summed E-state index contributed by atoms with van der Waals surface area (Å²) in [7, 11) is 0. The number of unbranched alkanes of at least 4 members (excludes halogenated alkanes) is 1. The number of carbonyl (C=O) groups is 1. The van der Waals surface area contributed by atoms with E-state index in [2.05, 4.69) is 4.98 Å². The minimum Gasteiger partial charge on any atom is -0.461 e. The number of nitrogens with zero attached hydrogens (tertiary/aromatic N) is 1. The van der Waals surface area contributed by atoms with Gasteiger partial charge in [-0.1, -0.05) is 19.4 Å². The van der Waals surface area contributed by atoms with Crippen molar-refractivity contribution >= 4 is 16.7 Å². The lowest BCUT2D eigenvalue weighted by molar-refractivity contribution is 0.0489. The van der Waals surface area contributed by atoms with Crippen LogP contribution in [0.25, 0.3) is 10.8 Å². The average molecular weight is 369 g/mol. The molecule has 5 nitrogen and oxygen atoms in total. The molecule has 1 heterocycles. The van der Waals surface area contributed by atoms with Crippen LogP contribution < -0.4 is 4.74 Å². The molecule has 0 amide bonds. The zero-order valence-electron chi connectivity index (χ0n) is 14.9. The summed E-state index contributed by atoms with van der Waals surface area (Å²) in [6, 6.07) is 10.9. The standard InChI is InChI=1S/C21H20FNO4/c1-2-3-10-26-21(25)20-19(13-24)18-9-8-17(11-14(18)12-23-20)27-16-6-4-15(22)5-7-16/h4-9,11-12,24H,2-3,10,13H2,1H3. The first kappa shape index (κ1) is 18.8. The fourth-order valence-electron chi connectivity index (χ4n) is 2.68. The van der Waals surface area contributed by atoms with E-state index in [9.17, 15) is 14.3 Å². The number of fused-ring (bicyclic) bond motifs is 1. The number of hydrogen-bond acceptors (Lipinski definition) is 5. The van der Waals surface area contributed by atoms with Crippen LogP contribution >= 0.6 is 0 Å². The molecule has 0 atom stereocenters. The third-order valence-electron chi connectivity index (χ3n) is 4.10. The fourth-order valence-corrected chi connectivity index (χ4v) is 2.68. The predicted molar refractivity (Wildman–Crippen MR) is 99.3 cm³/mol. The number of rotatable bonds is 7. The average Bonchev–Trinajstić information content (AvgIpc) is 2.68. The SMILES string of the molecule is CCCCOC(=O)c1ncc2cc(Oc3ccc(F)cc3)ccc2c1CO. The number of ether oxygens (including phenoxy) is 2. The lowest BCUT2D eigenvalue weighted by atomic mass is 10.0. The molecule has 6 heteroatoms. The van der Waals surface area contributed by atoms with Crippen LogP contribution in [0.2, 0.25) is 0 Å². The Kier molecular flexibility index (Phi) is 5.98. The van der Waals surface area contributed by atoms with Crippen LogP contribution in [0.3, 0.4) is 0 Å². The van der Waals surface area contributed by atoms with Gasteiger partial charge in [-0.15, -0.1) is 0 Å². The number of pyridine rings is 1. The van der Waals surface area contributed by atoms with Crippen LogP contribution in [0.5, 0.6) is 11.5 Å². The Hall–Kier alpha value is -2.99. The van der Waals surface area contributed by atoms with Gasteiger partial charge in [0.15, 0.2) is 5.69 Å². The lowest BCUT2D eigenvalue weighted by Gasteiger charge is -2.12. The van der Waals surface area contributed by atoms with Crippen molar-refractivity contribution in [1.29, 1.82) is 0 Å². The quantitative estimate of drug-likeness (QED) is 0.486. The molecule has 0 fully saturated rings. The second kappa shape index (κ2) is 8.60. The number of halogens is 1. The summed E-state index contributed by atoms with van der Waals surface area (Å²) in [6.45, 7) is 2.00. The lowest BCUT2D eigenvalue weighted by Crippen LogP contribution is -2.12. The number of carbonyl (C=O) groups excluding carboxylic acids is 1. The van der Waals surface area contributed by atoms with Crippen molar-refractivity contribution in [3.63, 3.8) is 0 Å². The van der Waals surface area contributed by atoms with E-state index in [4.69, 9.17) is 9.47 Å². The first-order valence-corrected chi connectivity index (χ1v) is 8.75. The monoisotopic (exact) mass is 369 g/mol.